The number of hydrogen-bond acceptors (Lipinski definition) is 3. The Kier molecular flexibility index (Phi) is 4.30. The third-order valence-electron chi connectivity index (χ3n) is 4.42. The lowest BCUT2D eigenvalue weighted by molar-refractivity contribution is 0.104. The van der Waals surface area contributed by atoms with E-state index in [0.29, 0.717) is 16.8 Å². The molecule has 2 heterocycles. The smallest absolute Gasteiger partial charge is 0.260 e. The lowest BCUT2D eigenvalue weighted by Crippen LogP contribution is -2.18. The number of nitrogens with one attached hydrogen (secondary N) is 1. The molecule has 0 aliphatic rings. The van der Waals surface area contributed by atoms with Gasteiger partial charge < -0.3 is 9.40 Å². The maximum Gasteiger partial charge on any atom is 0.260 e. The van der Waals surface area contributed by atoms with E-state index in [2.05, 4.69) is 4.98 Å². The molecule has 0 aliphatic carbocycles. The summed E-state index contributed by atoms with van der Waals surface area (Å²) in [5, 5.41) is 0.843. The Hall–Kier alpha value is -3.66. The van der Waals surface area contributed by atoms with Gasteiger partial charge in [0.05, 0.1) is 11.8 Å². The van der Waals surface area contributed by atoms with E-state index in [1.807, 2.05) is 55.5 Å². The Labute approximate surface area is 155 Å². The van der Waals surface area contributed by atoms with Crippen LogP contribution in [-0.2, 0) is 0 Å². The minimum Gasteiger partial charge on any atom is -0.465 e. The average molecular weight is 355 g/mol. The van der Waals surface area contributed by atoms with Gasteiger partial charge in [0, 0.05) is 16.5 Å². The van der Waals surface area contributed by atoms with E-state index >= 15 is 0 Å². The molecule has 4 rings (SSSR count). The van der Waals surface area contributed by atoms with Crippen molar-refractivity contribution in [1.82, 2.24) is 4.98 Å². The van der Waals surface area contributed by atoms with Crippen LogP contribution in [0.1, 0.15) is 21.7 Å². The lowest BCUT2D eigenvalue weighted by Gasteiger charge is -2.12. The topological polar surface area (TPSA) is 63.1 Å². The van der Waals surface area contributed by atoms with Gasteiger partial charge in [0.2, 0.25) is 0 Å². The third kappa shape index (κ3) is 3.25. The van der Waals surface area contributed by atoms with Gasteiger partial charge >= 0.3 is 0 Å². The molecular weight excluding hydrogens is 338 g/mol. The first-order valence-corrected chi connectivity index (χ1v) is 8.61. The minimum absolute atomic E-state index is 0.127. The predicted molar refractivity (Wildman–Crippen MR) is 107 cm³/mol. The number of ketones is 1. The normalized spacial score (nSPS) is 11.3. The quantitative estimate of drug-likeness (QED) is 0.414. The van der Waals surface area contributed by atoms with Crippen LogP contribution >= 0.6 is 0 Å². The molecule has 4 nitrogen and oxygen atoms in total. The highest BCUT2D eigenvalue weighted by molar-refractivity contribution is 6.15. The van der Waals surface area contributed by atoms with Gasteiger partial charge in [0.25, 0.3) is 5.56 Å². The van der Waals surface area contributed by atoms with Gasteiger partial charge in [0.15, 0.2) is 5.78 Å². The summed E-state index contributed by atoms with van der Waals surface area (Å²) in [6.45, 7) is 1.98. The first-order chi connectivity index (χ1) is 13.1. The monoisotopic (exact) mass is 355 g/mol. The van der Waals surface area contributed by atoms with Gasteiger partial charge in [-0.3, -0.25) is 9.59 Å². The van der Waals surface area contributed by atoms with Crippen LogP contribution in [0.2, 0.25) is 0 Å². The number of hydrogen-bond donors (Lipinski definition) is 1. The van der Waals surface area contributed by atoms with Crippen LogP contribution in [0.5, 0.6) is 0 Å². The molecule has 1 N–H and O–H groups in total. The van der Waals surface area contributed by atoms with Gasteiger partial charge in [-0.2, -0.15) is 0 Å². The molecule has 2 aromatic heterocycles. The van der Waals surface area contributed by atoms with E-state index in [4.69, 9.17) is 4.42 Å². The number of aromatic amines is 1. The Bertz CT molecular complexity index is 1200. The van der Waals surface area contributed by atoms with E-state index in [0.717, 1.165) is 16.5 Å². The largest absolute Gasteiger partial charge is 0.465 e. The minimum atomic E-state index is -0.403. The molecule has 0 saturated carbocycles. The molecule has 0 aliphatic heterocycles. The highest BCUT2D eigenvalue weighted by Gasteiger charge is 2.19. The second kappa shape index (κ2) is 6.92. The first kappa shape index (κ1) is 16.8. The third-order valence-corrected chi connectivity index (χ3v) is 4.42. The zero-order valence-electron chi connectivity index (χ0n) is 14.7. The molecule has 0 unspecified atom stereocenters. The van der Waals surface area contributed by atoms with E-state index in [1.165, 1.54) is 12.3 Å². The number of carbonyl (C=O) groups is 1. The molecule has 2 aromatic carbocycles. The number of pyridine rings is 1. The lowest BCUT2D eigenvalue weighted by atomic mass is 9.93. The van der Waals surface area contributed by atoms with Crippen molar-refractivity contribution in [3.63, 3.8) is 0 Å². The summed E-state index contributed by atoms with van der Waals surface area (Å²) in [6, 6.07) is 18.8. The summed E-state index contributed by atoms with van der Waals surface area (Å²) >= 11 is 0. The number of furan rings is 1. The number of benzene rings is 2. The second-order valence-corrected chi connectivity index (χ2v) is 6.33. The van der Waals surface area contributed by atoms with Crippen LogP contribution in [0.25, 0.3) is 28.1 Å². The summed E-state index contributed by atoms with van der Waals surface area (Å²) in [5.41, 5.74) is 2.95. The standard InChI is InChI=1S/C23H17NO3/c1-15-9-11-19-18(14-15)21(16-6-3-2-4-7-16)22(23(26)24-19)20(25)12-10-17-8-5-13-27-17/h2-14H,1H3,(H,24,26)/b12-10+. The SMILES string of the molecule is Cc1ccc2[nH]c(=O)c(C(=O)/C=C/c3ccco3)c(-c3ccccc3)c2c1. The van der Waals surface area contributed by atoms with Crippen molar-refractivity contribution in [3.05, 3.63) is 100 Å². The summed E-state index contributed by atoms with van der Waals surface area (Å²) in [4.78, 5) is 28.6. The number of rotatable bonds is 4. The highest BCUT2D eigenvalue weighted by atomic mass is 16.3. The summed E-state index contributed by atoms with van der Waals surface area (Å²) in [5.74, 6) is 0.188. The molecule has 27 heavy (non-hydrogen) atoms. The van der Waals surface area contributed by atoms with Crippen molar-refractivity contribution < 1.29 is 9.21 Å². The van der Waals surface area contributed by atoms with Gasteiger partial charge in [0.1, 0.15) is 5.76 Å². The van der Waals surface area contributed by atoms with E-state index in [1.54, 1.807) is 18.2 Å². The molecule has 0 saturated heterocycles. The van der Waals surface area contributed by atoms with E-state index in [-0.39, 0.29) is 11.3 Å². The van der Waals surface area contributed by atoms with Gasteiger partial charge in [-0.25, -0.2) is 0 Å². The Balaban J connectivity index is 1.98. The van der Waals surface area contributed by atoms with Crippen LogP contribution in [-0.4, -0.2) is 10.8 Å². The number of H-pyrrole nitrogens is 1. The Morgan fingerprint density at radius 3 is 2.59 bits per heavy atom. The van der Waals surface area contributed by atoms with Crippen LogP contribution < -0.4 is 5.56 Å². The van der Waals surface area contributed by atoms with E-state index in [9.17, 15) is 9.59 Å². The van der Waals surface area contributed by atoms with Gasteiger partial charge in [-0.1, -0.05) is 42.0 Å². The fourth-order valence-electron chi connectivity index (χ4n) is 3.17. The molecule has 0 radical (unpaired) electrons. The molecule has 0 amide bonds. The summed E-state index contributed by atoms with van der Waals surface area (Å²) < 4.78 is 5.23. The Morgan fingerprint density at radius 2 is 1.85 bits per heavy atom. The van der Waals surface area contributed by atoms with Crippen LogP contribution in [0.3, 0.4) is 0 Å². The molecule has 0 atom stereocenters. The maximum absolute atomic E-state index is 12.9. The summed E-state index contributed by atoms with van der Waals surface area (Å²) in [7, 11) is 0. The molecule has 4 heteroatoms. The molecule has 132 valence electrons. The fourth-order valence-corrected chi connectivity index (χ4v) is 3.17. The number of carbonyl (C=O) groups excluding carboxylic acids is 1. The number of fused-ring (bicyclic) bond motifs is 1. The van der Waals surface area contributed by atoms with Crippen molar-refractivity contribution in [2.45, 2.75) is 6.92 Å². The number of aryl methyl sites for hydroxylation is 1. The van der Waals surface area contributed by atoms with Crippen LogP contribution in [0, 0.1) is 6.92 Å². The van der Waals surface area contributed by atoms with Crippen molar-refractivity contribution in [1.29, 1.82) is 0 Å². The van der Waals surface area contributed by atoms with Crippen molar-refractivity contribution in [2.75, 3.05) is 0 Å². The van der Waals surface area contributed by atoms with Crippen LogP contribution in [0.4, 0.5) is 0 Å². The average Bonchev–Trinajstić information content (AvgIpc) is 3.20. The second-order valence-electron chi connectivity index (χ2n) is 6.33. The van der Waals surface area contributed by atoms with Crippen LogP contribution in [0.15, 0.2) is 82.2 Å². The summed E-state index contributed by atoms with van der Waals surface area (Å²) in [6.07, 6.45) is 4.47. The molecular formula is C23H17NO3. The van der Waals surface area contributed by atoms with E-state index < -0.39 is 5.56 Å². The van der Waals surface area contributed by atoms with Gasteiger partial charge in [-0.15, -0.1) is 0 Å². The maximum atomic E-state index is 12.9. The number of aromatic nitrogens is 1. The number of allylic oxidation sites excluding steroid dienone is 1. The van der Waals surface area contributed by atoms with Crippen molar-refractivity contribution >= 4 is 22.8 Å². The fraction of sp³-hybridized carbons (Fsp3) is 0.0435. The predicted octanol–water partition coefficient (Wildman–Crippen LogP) is 4.99. The molecule has 0 spiro atoms. The Morgan fingerprint density at radius 1 is 1.04 bits per heavy atom. The zero-order chi connectivity index (χ0) is 18.8. The molecule has 0 bridgehead atoms. The zero-order valence-corrected chi connectivity index (χ0v) is 14.7. The first-order valence-electron chi connectivity index (χ1n) is 8.61. The van der Waals surface area contributed by atoms with Crippen molar-refractivity contribution in [3.8, 4) is 11.1 Å². The highest BCUT2D eigenvalue weighted by Crippen LogP contribution is 2.30. The molecule has 4 aromatic rings. The van der Waals surface area contributed by atoms with Gasteiger partial charge in [-0.05, 0) is 48.9 Å². The molecule has 0 fully saturated rings. The van der Waals surface area contributed by atoms with Crippen molar-refractivity contribution in [2.24, 2.45) is 0 Å².